The summed E-state index contributed by atoms with van der Waals surface area (Å²) in [5.41, 5.74) is 3.30. The van der Waals surface area contributed by atoms with Crippen molar-refractivity contribution in [2.45, 2.75) is 37.3 Å². The highest BCUT2D eigenvalue weighted by Crippen LogP contribution is 2.46. The Bertz CT molecular complexity index is 1190. The van der Waals surface area contributed by atoms with Crippen LogP contribution < -0.4 is 4.90 Å². The number of nitrogens with zero attached hydrogens (tertiary/aromatic N) is 3. The molecular weight excluding hydrogens is 410 g/mol. The van der Waals surface area contributed by atoms with E-state index in [4.69, 9.17) is 17.0 Å². The van der Waals surface area contributed by atoms with Gasteiger partial charge in [0.1, 0.15) is 6.10 Å². The molecule has 1 N–H and O–H groups in total. The van der Waals surface area contributed by atoms with Gasteiger partial charge in [-0.1, -0.05) is 36.4 Å². The molecule has 3 aliphatic heterocycles. The van der Waals surface area contributed by atoms with Gasteiger partial charge in [-0.15, -0.1) is 0 Å². The Balaban J connectivity index is 1.46. The first kappa shape index (κ1) is 18.8. The van der Waals surface area contributed by atoms with Gasteiger partial charge in [0.25, 0.3) is 0 Å². The van der Waals surface area contributed by atoms with E-state index >= 15 is 0 Å². The van der Waals surface area contributed by atoms with Crippen molar-refractivity contribution < 1.29 is 14.6 Å². The Morgan fingerprint density at radius 3 is 2.65 bits per heavy atom. The van der Waals surface area contributed by atoms with Gasteiger partial charge in [-0.05, 0) is 42.4 Å². The standard InChI is InChI=1S/C24H23N3O3S/c1-25-12-14(16-9-5-6-10-18(16)25)13-26-21-20(17-11-19(28)22(21)30-23(17)29)27(24(26)31)15-7-3-2-4-8-15/h2-10,12,17,19-22,28H,11,13H2,1H3. The molecule has 3 saturated heterocycles. The fourth-order valence-corrected chi connectivity index (χ4v) is 6.08. The van der Waals surface area contributed by atoms with Crippen LogP contribution in [0.25, 0.3) is 10.9 Å². The number of aromatic nitrogens is 1. The lowest BCUT2D eigenvalue weighted by molar-refractivity contribution is -0.194. The molecule has 5 atom stereocenters. The molecule has 1 saturated carbocycles. The first-order valence-corrected chi connectivity index (χ1v) is 11.0. The monoisotopic (exact) mass is 433 g/mol. The molecule has 2 bridgehead atoms. The number of rotatable bonds is 3. The van der Waals surface area contributed by atoms with Gasteiger partial charge in [-0.2, -0.15) is 0 Å². The molecule has 158 valence electrons. The van der Waals surface area contributed by atoms with Gasteiger partial charge in [0.2, 0.25) is 0 Å². The van der Waals surface area contributed by atoms with Crippen LogP contribution >= 0.6 is 12.2 Å². The molecule has 0 amide bonds. The molecule has 3 aromatic rings. The van der Waals surface area contributed by atoms with Crippen molar-refractivity contribution in [2.75, 3.05) is 4.90 Å². The third-order valence-electron chi connectivity index (χ3n) is 6.99. The average Bonchev–Trinajstić information content (AvgIpc) is 3.25. The average molecular weight is 434 g/mol. The van der Waals surface area contributed by atoms with E-state index < -0.39 is 18.1 Å². The number of anilines is 1. The topological polar surface area (TPSA) is 57.9 Å². The first-order valence-electron chi connectivity index (χ1n) is 10.6. The number of fused-ring (bicyclic) bond motifs is 3. The predicted octanol–water partition coefficient (Wildman–Crippen LogP) is 2.83. The molecule has 7 rings (SSSR count). The van der Waals surface area contributed by atoms with E-state index in [1.54, 1.807) is 0 Å². The van der Waals surface area contributed by atoms with E-state index in [2.05, 4.69) is 32.7 Å². The second-order valence-electron chi connectivity index (χ2n) is 8.69. The Morgan fingerprint density at radius 2 is 1.84 bits per heavy atom. The maximum absolute atomic E-state index is 12.6. The van der Waals surface area contributed by atoms with Gasteiger partial charge in [0, 0.05) is 36.4 Å². The van der Waals surface area contributed by atoms with Crippen molar-refractivity contribution in [1.82, 2.24) is 9.47 Å². The third kappa shape index (κ3) is 2.66. The van der Waals surface area contributed by atoms with E-state index in [-0.39, 0.29) is 18.1 Å². The highest BCUT2D eigenvalue weighted by molar-refractivity contribution is 7.80. The lowest BCUT2D eigenvalue weighted by Crippen LogP contribution is -2.66. The number of ether oxygens (including phenoxy) is 1. The maximum Gasteiger partial charge on any atom is 0.311 e. The number of hydrogen-bond donors (Lipinski definition) is 1. The zero-order valence-corrected chi connectivity index (χ0v) is 17.9. The fourth-order valence-electron chi connectivity index (χ4n) is 5.67. The van der Waals surface area contributed by atoms with Crippen LogP contribution in [0.3, 0.4) is 0 Å². The van der Waals surface area contributed by atoms with Gasteiger partial charge < -0.3 is 24.2 Å². The van der Waals surface area contributed by atoms with E-state index in [1.165, 1.54) is 5.39 Å². The first-order chi connectivity index (χ1) is 15.0. The number of aryl methyl sites for hydroxylation is 1. The van der Waals surface area contributed by atoms with Gasteiger partial charge in [0.15, 0.2) is 5.11 Å². The normalized spacial score (nSPS) is 29.5. The van der Waals surface area contributed by atoms with E-state index in [1.807, 2.05) is 49.5 Å². The van der Waals surface area contributed by atoms with Crippen LogP contribution in [0.4, 0.5) is 5.69 Å². The zero-order chi connectivity index (χ0) is 21.3. The molecule has 4 aliphatic rings. The van der Waals surface area contributed by atoms with Gasteiger partial charge >= 0.3 is 5.97 Å². The molecule has 0 spiro atoms. The van der Waals surface area contributed by atoms with Crippen LogP contribution in [0.5, 0.6) is 0 Å². The number of esters is 1. The molecule has 4 fully saturated rings. The Morgan fingerprint density at radius 1 is 1.10 bits per heavy atom. The Kier molecular flexibility index (Phi) is 4.13. The van der Waals surface area contributed by atoms with Crippen LogP contribution in [0.2, 0.25) is 0 Å². The minimum Gasteiger partial charge on any atom is -0.457 e. The largest absolute Gasteiger partial charge is 0.457 e. The van der Waals surface area contributed by atoms with Crippen molar-refractivity contribution in [3.63, 3.8) is 0 Å². The molecule has 2 aromatic carbocycles. The predicted molar refractivity (Wildman–Crippen MR) is 122 cm³/mol. The van der Waals surface area contributed by atoms with E-state index in [9.17, 15) is 9.90 Å². The number of carbonyl (C=O) groups is 1. The van der Waals surface area contributed by atoms with E-state index in [0.29, 0.717) is 18.1 Å². The minimum atomic E-state index is -0.669. The number of benzene rings is 2. The zero-order valence-electron chi connectivity index (χ0n) is 17.1. The number of para-hydroxylation sites is 2. The van der Waals surface area contributed by atoms with Gasteiger partial charge in [0.05, 0.1) is 24.1 Å². The number of aliphatic hydroxyl groups is 1. The second-order valence-corrected chi connectivity index (χ2v) is 9.06. The molecule has 0 radical (unpaired) electrons. The highest BCUT2D eigenvalue weighted by atomic mass is 32.1. The fraction of sp³-hybridized carbons (Fsp3) is 0.333. The summed E-state index contributed by atoms with van der Waals surface area (Å²) in [5, 5.41) is 12.6. The number of thiocarbonyl (C=S) groups is 1. The lowest BCUT2D eigenvalue weighted by Gasteiger charge is -2.49. The summed E-state index contributed by atoms with van der Waals surface area (Å²) in [6.07, 6.45) is 1.30. The van der Waals surface area contributed by atoms with Crippen molar-refractivity contribution in [1.29, 1.82) is 0 Å². The molecule has 7 heteroatoms. The summed E-state index contributed by atoms with van der Waals surface area (Å²) in [7, 11) is 2.04. The van der Waals surface area contributed by atoms with Crippen molar-refractivity contribution in [3.8, 4) is 0 Å². The van der Waals surface area contributed by atoms with Gasteiger partial charge in [-0.25, -0.2) is 0 Å². The van der Waals surface area contributed by atoms with Crippen LogP contribution in [0.15, 0.2) is 60.8 Å². The summed E-state index contributed by atoms with van der Waals surface area (Å²) in [6, 6.07) is 18.0. The lowest BCUT2D eigenvalue weighted by atomic mass is 9.74. The Labute approximate surface area is 185 Å². The highest BCUT2D eigenvalue weighted by Gasteiger charge is 2.63. The van der Waals surface area contributed by atoms with Crippen LogP contribution in [-0.4, -0.2) is 49.9 Å². The number of hydrogen-bond acceptors (Lipinski definition) is 4. The molecular formula is C24H23N3O3S. The van der Waals surface area contributed by atoms with Gasteiger partial charge in [-0.3, -0.25) is 4.79 Å². The summed E-state index contributed by atoms with van der Waals surface area (Å²) in [4.78, 5) is 16.9. The second kappa shape index (κ2) is 6.80. The number of carbonyl (C=O) groups excluding carboxylic acids is 1. The van der Waals surface area contributed by atoms with Crippen LogP contribution in [0, 0.1) is 5.92 Å². The van der Waals surface area contributed by atoms with Crippen LogP contribution in [-0.2, 0) is 23.1 Å². The smallest absolute Gasteiger partial charge is 0.311 e. The molecule has 1 aliphatic carbocycles. The maximum atomic E-state index is 12.6. The van der Waals surface area contributed by atoms with Crippen molar-refractivity contribution in [2.24, 2.45) is 13.0 Å². The SMILES string of the molecule is Cn1cc(CN2C(=S)N(c3ccccc3)C3C4CC(O)C(OC4=O)C32)c2ccccc21. The Hall–Kier alpha value is -2.90. The molecule has 6 nitrogen and oxygen atoms in total. The molecule has 5 unspecified atom stereocenters. The molecule has 31 heavy (non-hydrogen) atoms. The third-order valence-corrected chi connectivity index (χ3v) is 7.42. The quantitative estimate of drug-likeness (QED) is 0.506. The summed E-state index contributed by atoms with van der Waals surface area (Å²) in [6.45, 7) is 0.595. The summed E-state index contributed by atoms with van der Waals surface area (Å²) >= 11 is 5.99. The summed E-state index contributed by atoms with van der Waals surface area (Å²) in [5.74, 6) is -0.632. The summed E-state index contributed by atoms with van der Waals surface area (Å²) < 4.78 is 7.81. The van der Waals surface area contributed by atoms with Crippen molar-refractivity contribution >= 4 is 39.9 Å². The minimum absolute atomic E-state index is 0.139. The van der Waals surface area contributed by atoms with E-state index in [0.717, 1.165) is 16.8 Å². The molecule has 1 aromatic heterocycles. The van der Waals surface area contributed by atoms with Crippen LogP contribution in [0.1, 0.15) is 12.0 Å². The molecule has 4 heterocycles. The number of aliphatic hydroxyl groups excluding tert-OH is 1. The van der Waals surface area contributed by atoms with Crippen molar-refractivity contribution in [3.05, 3.63) is 66.4 Å².